The van der Waals surface area contributed by atoms with Crippen molar-refractivity contribution < 1.29 is 9.31 Å². The average molecular weight is 237 g/mol. The number of benzene rings is 1. The first kappa shape index (κ1) is 12.9. The molecule has 0 fully saturated rings. The maximum Gasteiger partial charge on any atom is 0.274 e. The third-order valence-corrected chi connectivity index (χ3v) is 2.29. The van der Waals surface area contributed by atoms with Crippen LogP contribution in [-0.2, 0) is 0 Å². The fraction of sp³-hybridized carbons (Fsp3) is 0.364. The summed E-state index contributed by atoms with van der Waals surface area (Å²) in [4.78, 5) is 11.5. The van der Waals surface area contributed by atoms with Crippen LogP contribution in [-0.4, -0.2) is 18.5 Å². The van der Waals surface area contributed by atoms with Crippen molar-refractivity contribution in [2.45, 2.75) is 6.92 Å². The van der Waals surface area contributed by atoms with Gasteiger partial charge in [-0.15, -0.1) is 0 Å². The van der Waals surface area contributed by atoms with Crippen LogP contribution in [0.3, 0.4) is 0 Å². The Morgan fingerprint density at radius 3 is 2.76 bits per heavy atom. The topological polar surface area (TPSA) is 70.2 Å². The molecule has 0 saturated carbocycles. The Kier molecular flexibility index (Phi) is 3.99. The number of rotatable bonds is 4. The van der Waals surface area contributed by atoms with Crippen LogP contribution in [0.2, 0.25) is 0 Å². The number of nitrogens with zero attached hydrogens (tertiary/aromatic N) is 3. The molecule has 0 amide bonds. The van der Waals surface area contributed by atoms with Gasteiger partial charge in [0.15, 0.2) is 0 Å². The van der Waals surface area contributed by atoms with Gasteiger partial charge in [-0.3, -0.25) is 10.1 Å². The zero-order valence-corrected chi connectivity index (χ0v) is 9.55. The van der Waals surface area contributed by atoms with Crippen LogP contribution < -0.4 is 4.90 Å². The van der Waals surface area contributed by atoms with E-state index in [-0.39, 0.29) is 11.6 Å². The molecule has 1 aromatic rings. The van der Waals surface area contributed by atoms with Crippen molar-refractivity contribution in [1.82, 2.24) is 0 Å². The molecule has 1 atom stereocenters. The highest BCUT2D eigenvalue weighted by Gasteiger charge is 2.13. The zero-order valence-electron chi connectivity index (χ0n) is 9.55. The molecular formula is C11H12FN3O2. The Labute approximate surface area is 98.2 Å². The van der Waals surface area contributed by atoms with Crippen LogP contribution >= 0.6 is 0 Å². The fourth-order valence-corrected chi connectivity index (χ4v) is 1.44. The van der Waals surface area contributed by atoms with Crippen LogP contribution in [0.15, 0.2) is 18.2 Å². The lowest BCUT2D eigenvalue weighted by atomic mass is 10.2. The molecule has 6 heteroatoms. The lowest BCUT2D eigenvalue weighted by Crippen LogP contribution is -2.23. The molecule has 0 N–H and O–H groups in total. The summed E-state index contributed by atoms with van der Waals surface area (Å²) in [6.45, 7) is 2.11. The van der Waals surface area contributed by atoms with E-state index < -0.39 is 10.7 Å². The second-order valence-electron chi connectivity index (χ2n) is 3.84. The van der Waals surface area contributed by atoms with Gasteiger partial charge in [-0.2, -0.15) is 5.26 Å². The molecule has 0 aliphatic carbocycles. The minimum atomic E-state index is -0.661. The Balaban J connectivity index is 2.98. The van der Waals surface area contributed by atoms with Crippen LogP contribution in [0.1, 0.15) is 6.92 Å². The minimum Gasteiger partial charge on any atom is -0.373 e. The Hall–Kier alpha value is -2.16. The van der Waals surface area contributed by atoms with Crippen molar-refractivity contribution in [2.24, 2.45) is 5.92 Å². The van der Waals surface area contributed by atoms with Gasteiger partial charge in [-0.25, -0.2) is 4.39 Å². The molecular weight excluding hydrogens is 225 g/mol. The number of hydrogen-bond donors (Lipinski definition) is 0. The van der Waals surface area contributed by atoms with Gasteiger partial charge >= 0.3 is 0 Å². The van der Waals surface area contributed by atoms with E-state index in [9.17, 15) is 14.5 Å². The van der Waals surface area contributed by atoms with Gasteiger partial charge in [0.2, 0.25) is 0 Å². The summed E-state index contributed by atoms with van der Waals surface area (Å²) in [5, 5.41) is 19.2. The lowest BCUT2D eigenvalue weighted by molar-refractivity contribution is -0.385. The van der Waals surface area contributed by atoms with Crippen molar-refractivity contribution in [1.29, 1.82) is 5.26 Å². The molecule has 17 heavy (non-hydrogen) atoms. The van der Waals surface area contributed by atoms with Gasteiger partial charge in [0.05, 0.1) is 23.0 Å². The third-order valence-electron chi connectivity index (χ3n) is 2.29. The molecule has 1 unspecified atom stereocenters. The van der Waals surface area contributed by atoms with Crippen LogP contribution in [0.25, 0.3) is 0 Å². The molecule has 5 nitrogen and oxygen atoms in total. The highest BCUT2D eigenvalue weighted by Crippen LogP contribution is 2.23. The lowest BCUT2D eigenvalue weighted by Gasteiger charge is -2.20. The van der Waals surface area contributed by atoms with Gasteiger partial charge in [-0.05, 0) is 13.0 Å². The molecule has 0 aliphatic heterocycles. The van der Waals surface area contributed by atoms with Gasteiger partial charge in [-0.1, -0.05) is 0 Å². The molecule has 0 aromatic heterocycles. The molecule has 90 valence electrons. The number of nitriles is 1. The summed E-state index contributed by atoms with van der Waals surface area (Å²) in [5.41, 5.74) is 0.0928. The van der Waals surface area contributed by atoms with Crippen molar-refractivity contribution in [3.05, 3.63) is 34.1 Å². The second-order valence-corrected chi connectivity index (χ2v) is 3.84. The smallest absolute Gasteiger partial charge is 0.274 e. The summed E-state index contributed by atoms with van der Waals surface area (Å²) in [6.07, 6.45) is 0. The zero-order chi connectivity index (χ0) is 13.0. The number of anilines is 1. The average Bonchev–Trinajstić information content (AvgIpc) is 2.27. The third kappa shape index (κ3) is 3.41. The first-order valence-electron chi connectivity index (χ1n) is 4.99. The molecule has 0 spiro atoms. The number of nitro groups is 1. The van der Waals surface area contributed by atoms with Gasteiger partial charge < -0.3 is 4.90 Å². The maximum atomic E-state index is 13.2. The summed E-state index contributed by atoms with van der Waals surface area (Å²) in [6, 6.07) is 5.40. The SMILES string of the molecule is CC(C#N)CN(C)c1cc(F)cc([N+](=O)[O-])c1. The molecule has 0 saturated heterocycles. The van der Waals surface area contributed by atoms with Gasteiger partial charge in [0.25, 0.3) is 5.69 Å². The predicted octanol–water partition coefficient (Wildman–Crippen LogP) is 2.33. The molecule has 0 aliphatic rings. The van der Waals surface area contributed by atoms with E-state index in [0.717, 1.165) is 6.07 Å². The van der Waals surface area contributed by atoms with Crippen LogP contribution in [0.5, 0.6) is 0 Å². The van der Waals surface area contributed by atoms with Crippen LogP contribution in [0, 0.1) is 33.2 Å². The largest absolute Gasteiger partial charge is 0.373 e. The first-order valence-corrected chi connectivity index (χ1v) is 4.99. The van der Waals surface area contributed by atoms with E-state index in [1.807, 2.05) is 6.07 Å². The number of halogens is 1. The number of hydrogen-bond acceptors (Lipinski definition) is 4. The van der Waals surface area contributed by atoms with Crippen molar-refractivity contribution in [3.63, 3.8) is 0 Å². The highest BCUT2D eigenvalue weighted by atomic mass is 19.1. The molecule has 0 radical (unpaired) electrons. The van der Waals surface area contributed by atoms with Crippen LogP contribution in [0.4, 0.5) is 15.8 Å². The quantitative estimate of drug-likeness (QED) is 0.595. The Morgan fingerprint density at radius 1 is 1.59 bits per heavy atom. The second kappa shape index (κ2) is 5.25. The molecule has 0 bridgehead atoms. The van der Waals surface area contributed by atoms with E-state index >= 15 is 0 Å². The Bertz CT molecular complexity index is 470. The monoisotopic (exact) mass is 237 g/mol. The summed E-state index contributed by atoms with van der Waals surface area (Å²) in [5.74, 6) is -0.895. The van der Waals surface area contributed by atoms with Crippen molar-refractivity contribution in [2.75, 3.05) is 18.5 Å². The van der Waals surface area contributed by atoms with Crippen molar-refractivity contribution >= 4 is 11.4 Å². The summed E-state index contributed by atoms with van der Waals surface area (Å²) < 4.78 is 13.2. The van der Waals surface area contributed by atoms with E-state index in [1.165, 1.54) is 12.1 Å². The standard InChI is InChI=1S/C11H12FN3O2/c1-8(6-13)7-14(2)10-3-9(12)4-11(5-10)15(16)17/h3-5,8H,7H2,1-2H3. The molecule has 0 heterocycles. The maximum absolute atomic E-state index is 13.2. The molecule has 1 rings (SSSR count). The molecule has 1 aromatic carbocycles. The highest BCUT2D eigenvalue weighted by molar-refractivity contribution is 5.53. The van der Waals surface area contributed by atoms with E-state index in [1.54, 1.807) is 18.9 Å². The minimum absolute atomic E-state index is 0.234. The normalized spacial score (nSPS) is 11.6. The fourth-order valence-electron chi connectivity index (χ4n) is 1.44. The predicted molar refractivity (Wildman–Crippen MR) is 61.1 cm³/mol. The van der Waals surface area contributed by atoms with E-state index in [4.69, 9.17) is 5.26 Å². The van der Waals surface area contributed by atoms with Crippen molar-refractivity contribution in [3.8, 4) is 6.07 Å². The van der Waals surface area contributed by atoms with E-state index in [0.29, 0.717) is 12.2 Å². The van der Waals surface area contributed by atoms with E-state index in [2.05, 4.69) is 0 Å². The van der Waals surface area contributed by atoms with Gasteiger partial charge in [0.1, 0.15) is 5.82 Å². The Morgan fingerprint density at radius 2 is 2.24 bits per heavy atom. The summed E-state index contributed by atoms with van der Waals surface area (Å²) in [7, 11) is 1.66. The summed E-state index contributed by atoms with van der Waals surface area (Å²) >= 11 is 0. The van der Waals surface area contributed by atoms with Gasteiger partial charge in [0, 0.05) is 25.3 Å². The first-order chi connectivity index (χ1) is 7.93. The number of non-ortho nitro benzene ring substituents is 1. The number of nitro benzene ring substituents is 1.